The second-order valence-electron chi connectivity index (χ2n) is 1.60. The SMILES string of the molecule is C/C=C\C(F)=C/CCO. The normalized spacial score (nSPS) is 13.0. The summed E-state index contributed by atoms with van der Waals surface area (Å²) in [6, 6.07) is 0. The summed E-state index contributed by atoms with van der Waals surface area (Å²) in [7, 11) is 0. The summed E-state index contributed by atoms with van der Waals surface area (Å²) < 4.78 is 12.3. The predicted molar refractivity (Wildman–Crippen MR) is 35.7 cm³/mol. The second kappa shape index (κ2) is 5.51. The van der Waals surface area contributed by atoms with E-state index in [0.29, 0.717) is 6.42 Å². The van der Waals surface area contributed by atoms with Crippen molar-refractivity contribution in [3.05, 3.63) is 24.1 Å². The van der Waals surface area contributed by atoms with Gasteiger partial charge in [0, 0.05) is 6.61 Å². The molecule has 0 amide bonds. The molecule has 0 aromatic rings. The minimum absolute atomic E-state index is 0.00493. The molecule has 0 aromatic heterocycles. The maximum absolute atomic E-state index is 12.3. The van der Waals surface area contributed by atoms with Gasteiger partial charge in [-0.2, -0.15) is 0 Å². The number of rotatable bonds is 3. The Morgan fingerprint density at radius 2 is 2.33 bits per heavy atom. The second-order valence-corrected chi connectivity index (χ2v) is 1.60. The Balaban J connectivity index is 3.55. The lowest BCUT2D eigenvalue weighted by Gasteiger charge is -1.84. The van der Waals surface area contributed by atoms with E-state index in [1.807, 2.05) is 0 Å². The molecule has 0 bridgehead atoms. The van der Waals surface area contributed by atoms with Crippen molar-refractivity contribution in [3.8, 4) is 0 Å². The van der Waals surface area contributed by atoms with E-state index in [1.54, 1.807) is 13.0 Å². The third-order valence-electron chi connectivity index (χ3n) is 0.794. The van der Waals surface area contributed by atoms with Crippen molar-refractivity contribution >= 4 is 0 Å². The van der Waals surface area contributed by atoms with Crippen LogP contribution in [0.1, 0.15) is 13.3 Å². The molecule has 0 aromatic carbocycles. The molecule has 1 N–H and O–H groups in total. The zero-order valence-electron chi connectivity index (χ0n) is 5.47. The number of aliphatic hydroxyl groups excluding tert-OH is 1. The summed E-state index contributed by atoms with van der Waals surface area (Å²) >= 11 is 0. The third kappa shape index (κ3) is 5.24. The van der Waals surface area contributed by atoms with Gasteiger partial charge in [-0.3, -0.25) is 0 Å². The van der Waals surface area contributed by atoms with Gasteiger partial charge in [0.15, 0.2) is 0 Å². The van der Waals surface area contributed by atoms with Gasteiger partial charge in [0.1, 0.15) is 5.83 Å². The van der Waals surface area contributed by atoms with Gasteiger partial charge in [-0.05, 0) is 25.5 Å². The van der Waals surface area contributed by atoms with Crippen LogP contribution < -0.4 is 0 Å². The first kappa shape index (κ1) is 8.37. The molecule has 0 radical (unpaired) electrons. The molecule has 0 aliphatic rings. The van der Waals surface area contributed by atoms with Crippen molar-refractivity contribution < 1.29 is 9.50 Å². The number of hydrogen-bond acceptors (Lipinski definition) is 1. The molecule has 52 valence electrons. The fraction of sp³-hybridized carbons (Fsp3) is 0.429. The van der Waals surface area contributed by atoms with Gasteiger partial charge >= 0.3 is 0 Å². The lowest BCUT2D eigenvalue weighted by Crippen LogP contribution is -1.76. The van der Waals surface area contributed by atoms with Gasteiger partial charge in [-0.1, -0.05) is 6.08 Å². The smallest absolute Gasteiger partial charge is 0.118 e. The molecule has 0 spiro atoms. The standard InChI is InChI=1S/C7H11FO/c1-2-4-7(8)5-3-6-9/h2,4-5,9H,3,6H2,1H3/b4-2-,7-5+. The Labute approximate surface area is 54.5 Å². The summed E-state index contributed by atoms with van der Waals surface area (Å²) in [6.45, 7) is 1.75. The highest BCUT2D eigenvalue weighted by Gasteiger charge is 1.82. The van der Waals surface area contributed by atoms with Crippen molar-refractivity contribution in [2.75, 3.05) is 6.61 Å². The van der Waals surface area contributed by atoms with Crippen molar-refractivity contribution in [2.45, 2.75) is 13.3 Å². The maximum Gasteiger partial charge on any atom is 0.118 e. The van der Waals surface area contributed by atoms with Crippen LogP contribution >= 0.6 is 0 Å². The van der Waals surface area contributed by atoms with E-state index >= 15 is 0 Å². The van der Waals surface area contributed by atoms with Crippen molar-refractivity contribution in [1.29, 1.82) is 0 Å². The van der Waals surface area contributed by atoms with Crippen LogP contribution in [0.5, 0.6) is 0 Å². The molecular weight excluding hydrogens is 119 g/mol. The van der Waals surface area contributed by atoms with Crippen LogP contribution in [0.2, 0.25) is 0 Å². The van der Waals surface area contributed by atoms with Crippen LogP contribution in [0.3, 0.4) is 0 Å². The van der Waals surface area contributed by atoms with E-state index in [4.69, 9.17) is 5.11 Å². The highest BCUT2D eigenvalue weighted by molar-refractivity contribution is 5.09. The van der Waals surface area contributed by atoms with Crippen LogP contribution in [-0.4, -0.2) is 11.7 Å². The fourth-order valence-electron chi connectivity index (χ4n) is 0.430. The molecule has 0 aliphatic heterocycles. The lowest BCUT2D eigenvalue weighted by atomic mass is 10.3. The summed E-state index contributed by atoms with van der Waals surface area (Å²) in [5.74, 6) is -0.286. The maximum atomic E-state index is 12.3. The lowest BCUT2D eigenvalue weighted by molar-refractivity contribution is 0.302. The quantitative estimate of drug-likeness (QED) is 0.577. The Morgan fingerprint density at radius 1 is 1.67 bits per heavy atom. The van der Waals surface area contributed by atoms with E-state index in [1.165, 1.54) is 12.2 Å². The first-order valence-electron chi connectivity index (χ1n) is 2.90. The van der Waals surface area contributed by atoms with Crippen molar-refractivity contribution in [3.63, 3.8) is 0 Å². The van der Waals surface area contributed by atoms with Crippen LogP contribution in [-0.2, 0) is 0 Å². The van der Waals surface area contributed by atoms with E-state index in [0.717, 1.165) is 0 Å². The first-order chi connectivity index (χ1) is 4.31. The van der Waals surface area contributed by atoms with Crippen LogP contribution in [0, 0.1) is 0 Å². The van der Waals surface area contributed by atoms with Crippen LogP contribution in [0.4, 0.5) is 4.39 Å². The highest BCUT2D eigenvalue weighted by atomic mass is 19.1. The fourth-order valence-corrected chi connectivity index (χ4v) is 0.430. The Bertz CT molecular complexity index is 116. The number of halogens is 1. The molecular formula is C7H11FO. The molecule has 1 nitrogen and oxygen atoms in total. The van der Waals surface area contributed by atoms with Crippen molar-refractivity contribution in [1.82, 2.24) is 0 Å². The molecule has 0 fully saturated rings. The van der Waals surface area contributed by atoms with Gasteiger partial charge in [0.05, 0.1) is 0 Å². The van der Waals surface area contributed by atoms with Gasteiger partial charge in [-0.15, -0.1) is 0 Å². The molecule has 0 saturated heterocycles. The zero-order chi connectivity index (χ0) is 7.11. The van der Waals surface area contributed by atoms with E-state index < -0.39 is 0 Å². The molecule has 0 aliphatic carbocycles. The minimum atomic E-state index is -0.286. The molecule has 2 heteroatoms. The van der Waals surface area contributed by atoms with Crippen LogP contribution in [0.15, 0.2) is 24.1 Å². The zero-order valence-corrected chi connectivity index (χ0v) is 5.47. The van der Waals surface area contributed by atoms with E-state index in [2.05, 4.69) is 0 Å². The summed E-state index contributed by atoms with van der Waals surface area (Å²) in [5.41, 5.74) is 0. The number of aliphatic hydroxyl groups is 1. The summed E-state index contributed by atoms with van der Waals surface area (Å²) in [4.78, 5) is 0. The van der Waals surface area contributed by atoms with Gasteiger partial charge < -0.3 is 5.11 Å². The Morgan fingerprint density at radius 3 is 2.78 bits per heavy atom. The first-order valence-corrected chi connectivity index (χ1v) is 2.90. The molecule has 0 heterocycles. The average Bonchev–Trinajstić information content (AvgIpc) is 1.85. The van der Waals surface area contributed by atoms with Gasteiger partial charge in [0.25, 0.3) is 0 Å². The summed E-state index contributed by atoms with van der Waals surface area (Å²) in [6.07, 6.45) is 4.70. The Hall–Kier alpha value is -0.630. The molecule has 0 saturated carbocycles. The highest BCUT2D eigenvalue weighted by Crippen LogP contribution is 1.98. The van der Waals surface area contributed by atoms with Crippen LogP contribution in [0.25, 0.3) is 0 Å². The molecule has 0 unspecified atom stereocenters. The Kier molecular flexibility index (Phi) is 5.12. The summed E-state index contributed by atoms with van der Waals surface area (Å²) in [5, 5.41) is 8.25. The number of hydrogen-bond donors (Lipinski definition) is 1. The minimum Gasteiger partial charge on any atom is -0.396 e. The largest absolute Gasteiger partial charge is 0.396 e. The molecule has 0 atom stereocenters. The van der Waals surface area contributed by atoms with E-state index in [-0.39, 0.29) is 12.4 Å². The monoisotopic (exact) mass is 130 g/mol. The topological polar surface area (TPSA) is 20.2 Å². The molecule has 9 heavy (non-hydrogen) atoms. The average molecular weight is 130 g/mol. The third-order valence-corrected chi connectivity index (χ3v) is 0.794. The number of allylic oxidation sites excluding steroid dienone is 3. The van der Waals surface area contributed by atoms with Gasteiger partial charge in [0.2, 0.25) is 0 Å². The predicted octanol–water partition coefficient (Wildman–Crippen LogP) is 1.80. The van der Waals surface area contributed by atoms with E-state index in [9.17, 15) is 4.39 Å². The molecule has 0 rings (SSSR count). The van der Waals surface area contributed by atoms with Gasteiger partial charge in [-0.25, -0.2) is 4.39 Å². The van der Waals surface area contributed by atoms with Crippen molar-refractivity contribution in [2.24, 2.45) is 0 Å².